The van der Waals surface area contributed by atoms with Gasteiger partial charge in [0.25, 0.3) is 0 Å². The third kappa shape index (κ3) is 49.0. The van der Waals surface area contributed by atoms with Crippen molar-refractivity contribution in [2.45, 2.75) is 199 Å². The van der Waals surface area contributed by atoms with Crippen molar-refractivity contribution >= 4 is 24.4 Å². The molecule has 0 saturated heterocycles. The Balaban J connectivity index is -0.000000428. The molecule has 4 atom stereocenters. The van der Waals surface area contributed by atoms with Crippen molar-refractivity contribution in [3.63, 3.8) is 0 Å². The topological polar surface area (TPSA) is 295 Å². The van der Waals surface area contributed by atoms with Crippen molar-refractivity contribution in [3.8, 4) is 0 Å². The fourth-order valence-electron chi connectivity index (χ4n) is 7.11. The molecule has 0 aromatic rings. The summed E-state index contributed by atoms with van der Waals surface area (Å²) in [5.74, 6) is 5.06. The van der Waals surface area contributed by atoms with Crippen molar-refractivity contribution in [2.75, 3.05) is 59.3 Å². The minimum absolute atomic E-state index is 0.0653. The van der Waals surface area contributed by atoms with Gasteiger partial charge < -0.3 is 76.0 Å². The van der Waals surface area contributed by atoms with E-state index < -0.39 is 55.4 Å². The van der Waals surface area contributed by atoms with E-state index in [1.54, 1.807) is 0 Å². The highest BCUT2D eigenvalue weighted by molar-refractivity contribution is 5.68. The third-order valence-electron chi connectivity index (χ3n) is 11.0. The molecule has 4 unspecified atom stereocenters. The number of alkyl carbamates (subject to hydrolysis) is 4. The van der Waals surface area contributed by atoms with Crippen LogP contribution in [0.25, 0.3) is 0 Å². The minimum atomic E-state index is -1.01. The lowest BCUT2D eigenvalue weighted by Gasteiger charge is -2.23. The quantitative estimate of drug-likeness (QED) is 0.0296. The highest BCUT2D eigenvalue weighted by atomic mass is 16.6. The second-order valence-corrected chi connectivity index (χ2v) is 22.1. The average molecular weight is 1040 g/mol. The maximum Gasteiger partial charge on any atom is 0.407 e. The fourth-order valence-corrected chi connectivity index (χ4v) is 7.11. The molecule has 0 bridgehead atoms. The summed E-state index contributed by atoms with van der Waals surface area (Å²) >= 11 is 0. The second-order valence-electron chi connectivity index (χ2n) is 22.1. The molecule has 0 aromatic heterocycles. The van der Waals surface area contributed by atoms with Crippen LogP contribution in [0.3, 0.4) is 0 Å². The van der Waals surface area contributed by atoms with Crippen LogP contribution in [0.1, 0.15) is 163 Å². The lowest BCUT2D eigenvalue weighted by Crippen LogP contribution is -2.40. The molecule has 19 heteroatoms. The van der Waals surface area contributed by atoms with Gasteiger partial charge in [0.05, 0.1) is 39.1 Å². The van der Waals surface area contributed by atoms with Gasteiger partial charge in [-0.05, 0) is 104 Å². The van der Waals surface area contributed by atoms with Gasteiger partial charge in [0.15, 0.2) is 0 Å². The number of amides is 4. The number of hydrogen-bond donors (Lipinski definition) is 11. The Morgan fingerprint density at radius 1 is 0.403 bits per heavy atom. The maximum absolute atomic E-state index is 11.6. The van der Waals surface area contributed by atoms with E-state index in [1.807, 2.05) is 6.92 Å². The zero-order valence-corrected chi connectivity index (χ0v) is 47.9. The number of hydrogen-bond acceptors (Lipinski definition) is 15. The first-order valence-electron chi connectivity index (χ1n) is 26.7. The summed E-state index contributed by atoms with van der Waals surface area (Å²) in [6, 6.07) is 0.152. The van der Waals surface area contributed by atoms with Crippen LogP contribution in [0.15, 0.2) is 0 Å². The molecule has 0 aliphatic rings. The molecule has 0 rings (SSSR count). The molecule has 19 nitrogen and oxygen atoms in total. The number of aliphatic hydroxyl groups is 7. The molecule has 0 spiro atoms. The summed E-state index contributed by atoms with van der Waals surface area (Å²) in [4.78, 5) is 46.0. The van der Waals surface area contributed by atoms with Crippen LogP contribution in [0, 0.1) is 59.2 Å². The SMILES string of the molecule is CC(C)CC(CC(C)C)NC(=O)OC(CO)CO.CC(C)CC(CC(C)C)NC(=O)OCC(O)CO.CC(C)CC(CNC(=O)OC(CO)CO)C(C)C.CCC(O)COC(=O)NCC(CC(C)C)C(C)C. The first-order valence-corrected chi connectivity index (χ1v) is 26.7. The largest absolute Gasteiger partial charge is 0.447 e. The Morgan fingerprint density at radius 2 is 0.708 bits per heavy atom. The zero-order valence-electron chi connectivity index (χ0n) is 47.9. The number of nitrogens with one attached hydrogen (secondary N) is 4. The van der Waals surface area contributed by atoms with Gasteiger partial charge in [-0.3, -0.25) is 0 Å². The molecule has 0 fully saturated rings. The average Bonchev–Trinajstić information content (AvgIpc) is 3.27. The van der Waals surface area contributed by atoms with Crippen LogP contribution in [0.5, 0.6) is 0 Å². The Hall–Kier alpha value is -3.20. The minimum Gasteiger partial charge on any atom is -0.447 e. The molecule has 0 aliphatic carbocycles. The van der Waals surface area contributed by atoms with Gasteiger partial charge in [-0.2, -0.15) is 0 Å². The van der Waals surface area contributed by atoms with E-state index in [9.17, 15) is 24.3 Å². The molecule has 0 aromatic carbocycles. The van der Waals surface area contributed by atoms with Gasteiger partial charge in [-0.15, -0.1) is 0 Å². The normalized spacial score (nSPS) is 13.2. The summed E-state index contributed by atoms with van der Waals surface area (Å²) in [5, 5.41) is 73.3. The first-order chi connectivity index (χ1) is 33.5. The molecule has 4 amide bonds. The lowest BCUT2D eigenvalue weighted by molar-refractivity contribution is 0.0203. The predicted octanol–water partition coefficient (Wildman–Crippen LogP) is 7.24. The van der Waals surface area contributed by atoms with Crippen LogP contribution < -0.4 is 21.3 Å². The molecule has 0 saturated carbocycles. The van der Waals surface area contributed by atoms with Crippen molar-refractivity contribution < 1.29 is 73.9 Å². The fraction of sp³-hybridized carbons (Fsp3) is 0.925. The summed E-state index contributed by atoms with van der Waals surface area (Å²) in [6.07, 6.45) is 0.912. The van der Waals surface area contributed by atoms with E-state index in [1.165, 1.54) is 0 Å². The van der Waals surface area contributed by atoms with E-state index in [-0.39, 0.29) is 51.7 Å². The van der Waals surface area contributed by atoms with Crippen LogP contribution in [-0.4, -0.2) is 156 Å². The Bertz CT molecular complexity index is 1280. The summed E-state index contributed by atoms with van der Waals surface area (Å²) in [7, 11) is 0. The molecule has 11 N–H and O–H groups in total. The van der Waals surface area contributed by atoms with Gasteiger partial charge >= 0.3 is 24.4 Å². The summed E-state index contributed by atoms with van der Waals surface area (Å²) < 4.78 is 19.5. The smallest absolute Gasteiger partial charge is 0.407 e. The van der Waals surface area contributed by atoms with Crippen molar-refractivity contribution in [3.05, 3.63) is 0 Å². The third-order valence-corrected chi connectivity index (χ3v) is 11.0. The van der Waals surface area contributed by atoms with Gasteiger partial charge in [-0.25, -0.2) is 19.2 Å². The maximum atomic E-state index is 11.6. The van der Waals surface area contributed by atoms with Crippen molar-refractivity contribution in [2.24, 2.45) is 59.2 Å². The van der Waals surface area contributed by atoms with Crippen molar-refractivity contribution in [1.29, 1.82) is 0 Å². The molecule has 0 aliphatic heterocycles. The van der Waals surface area contributed by atoms with Crippen LogP contribution in [-0.2, 0) is 18.9 Å². The molecule has 432 valence electrons. The molecule has 0 heterocycles. The van der Waals surface area contributed by atoms with Crippen LogP contribution in [0.4, 0.5) is 19.2 Å². The monoisotopic (exact) mass is 1040 g/mol. The van der Waals surface area contributed by atoms with E-state index in [0.29, 0.717) is 78.7 Å². The zero-order chi connectivity index (χ0) is 56.5. The van der Waals surface area contributed by atoms with Crippen molar-refractivity contribution in [1.82, 2.24) is 21.3 Å². The Morgan fingerprint density at radius 3 is 1.01 bits per heavy atom. The van der Waals surface area contributed by atoms with Gasteiger partial charge in [0.1, 0.15) is 31.5 Å². The Labute approximate surface area is 436 Å². The van der Waals surface area contributed by atoms with Crippen LogP contribution >= 0.6 is 0 Å². The van der Waals surface area contributed by atoms with E-state index >= 15 is 0 Å². The number of aliphatic hydroxyl groups excluding tert-OH is 7. The van der Waals surface area contributed by atoms with Gasteiger partial charge in [0.2, 0.25) is 0 Å². The number of rotatable bonds is 32. The summed E-state index contributed by atoms with van der Waals surface area (Å²) in [5.41, 5.74) is 0. The van der Waals surface area contributed by atoms with Crippen LogP contribution in [0.2, 0.25) is 0 Å². The number of ether oxygens (including phenoxy) is 4. The van der Waals surface area contributed by atoms with E-state index in [0.717, 1.165) is 38.5 Å². The Kier molecular flexibility index (Phi) is 48.5. The molecule has 0 radical (unpaired) electrons. The highest BCUT2D eigenvalue weighted by Gasteiger charge is 2.22. The molecule has 72 heavy (non-hydrogen) atoms. The first kappa shape index (κ1) is 75.3. The van der Waals surface area contributed by atoms with E-state index in [2.05, 4.69) is 132 Å². The molecular formula is C53H110N4O15. The number of carbonyl (C=O) groups is 4. The molecular weight excluding hydrogens is 933 g/mol. The van der Waals surface area contributed by atoms with Gasteiger partial charge in [0, 0.05) is 25.2 Å². The second kappa shape index (κ2) is 46.3. The standard InChI is InChI=1S/C14H29NO3.3C13H27NO4/c1-6-13(16)9-18-14(17)15-8-12(11(4)5)7-10(2)3;1-9(2)5-11(10(3)4)6-14-13(17)18-12(7-15)8-16;1-9(2)5-11(6-10(3)4)14-13(17)18-8-12(16)7-15;1-9(2)5-11(6-10(3)4)14-13(17)18-12(7-15)8-16/h10-13,16H,6-9H2,1-5H3,(H,15,17);3*9-12,15-16H,5-8H2,1-4H3,(H,14,17). The predicted molar refractivity (Wildman–Crippen MR) is 284 cm³/mol. The van der Waals surface area contributed by atoms with E-state index in [4.69, 9.17) is 49.6 Å². The highest BCUT2D eigenvalue weighted by Crippen LogP contribution is 2.21. The number of carbonyl (C=O) groups excluding carboxylic acids is 4. The van der Waals surface area contributed by atoms with Gasteiger partial charge in [-0.1, -0.05) is 118 Å². The summed E-state index contributed by atoms with van der Waals surface area (Å²) in [6.45, 7) is 35.1. The lowest BCUT2D eigenvalue weighted by atomic mass is 9.88.